The number of benzene rings is 1. The van der Waals surface area contributed by atoms with Crippen molar-refractivity contribution in [1.82, 2.24) is 5.32 Å². The Morgan fingerprint density at radius 3 is 2.53 bits per heavy atom. The molecule has 1 heterocycles. The van der Waals surface area contributed by atoms with Crippen molar-refractivity contribution in [2.75, 3.05) is 21.3 Å². The average molecular weight is 342 g/mol. The zero-order chi connectivity index (χ0) is 13.8. The predicted octanol–water partition coefficient (Wildman–Crippen LogP) is 3.84. The highest BCUT2D eigenvalue weighted by molar-refractivity contribution is 9.11. The molecule has 3 nitrogen and oxygen atoms in total. The lowest BCUT2D eigenvalue weighted by Gasteiger charge is -2.19. The van der Waals surface area contributed by atoms with Gasteiger partial charge in [0.05, 0.1) is 24.0 Å². The fourth-order valence-corrected chi connectivity index (χ4v) is 3.24. The first kappa shape index (κ1) is 14.4. The standard InChI is InChI=1S/C14H16BrNO2S/c1-16-14(9-6-13(15)19-8-9)11-7-10(17-2)4-5-12(11)18-3/h4-8,14,16H,1-3H3. The number of halogens is 1. The molecule has 0 amide bonds. The number of hydrogen-bond acceptors (Lipinski definition) is 4. The third-order valence-corrected chi connectivity index (χ3v) is 4.48. The van der Waals surface area contributed by atoms with Gasteiger partial charge < -0.3 is 14.8 Å². The number of thiophene rings is 1. The summed E-state index contributed by atoms with van der Waals surface area (Å²) in [6.07, 6.45) is 0. The van der Waals surface area contributed by atoms with Gasteiger partial charge in [0.25, 0.3) is 0 Å². The Balaban J connectivity index is 2.47. The van der Waals surface area contributed by atoms with Crippen molar-refractivity contribution in [1.29, 1.82) is 0 Å². The van der Waals surface area contributed by atoms with Crippen molar-refractivity contribution in [3.05, 3.63) is 44.6 Å². The lowest BCUT2D eigenvalue weighted by molar-refractivity contribution is 0.395. The van der Waals surface area contributed by atoms with Crippen molar-refractivity contribution >= 4 is 27.3 Å². The quantitative estimate of drug-likeness (QED) is 0.896. The fraction of sp³-hybridized carbons (Fsp3) is 0.286. The molecule has 0 aliphatic heterocycles. The highest BCUT2D eigenvalue weighted by atomic mass is 79.9. The maximum absolute atomic E-state index is 5.45. The van der Waals surface area contributed by atoms with Crippen LogP contribution in [0.25, 0.3) is 0 Å². The van der Waals surface area contributed by atoms with E-state index in [9.17, 15) is 0 Å². The van der Waals surface area contributed by atoms with Crippen LogP contribution in [0.3, 0.4) is 0 Å². The maximum atomic E-state index is 5.45. The van der Waals surface area contributed by atoms with Gasteiger partial charge in [0.2, 0.25) is 0 Å². The predicted molar refractivity (Wildman–Crippen MR) is 82.5 cm³/mol. The average Bonchev–Trinajstić information content (AvgIpc) is 2.86. The van der Waals surface area contributed by atoms with Crippen LogP contribution in [-0.2, 0) is 0 Å². The molecule has 0 fully saturated rings. The van der Waals surface area contributed by atoms with Crippen LogP contribution in [0.2, 0.25) is 0 Å². The second kappa shape index (κ2) is 6.41. The van der Waals surface area contributed by atoms with Crippen molar-refractivity contribution < 1.29 is 9.47 Å². The maximum Gasteiger partial charge on any atom is 0.124 e. The Morgan fingerprint density at radius 2 is 2.00 bits per heavy atom. The molecular weight excluding hydrogens is 326 g/mol. The van der Waals surface area contributed by atoms with Crippen LogP contribution < -0.4 is 14.8 Å². The van der Waals surface area contributed by atoms with Crippen LogP contribution in [0.1, 0.15) is 17.2 Å². The van der Waals surface area contributed by atoms with Gasteiger partial charge in [0.15, 0.2) is 0 Å². The molecular formula is C14H16BrNO2S. The van der Waals surface area contributed by atoms with Crippen LogP contribution in [0.5, 0.6) is 11.5 Å². The van der Waals surface area contributed by atoms with Gasteiger partial charge >= 0.3 is 0 Å². The Labute approximate surface area is 125 Å². The summed E-state index contributed by atoms with van der Waals surface area (Å²) in [4.78, 5) is 0. The van der Waals surface area contributed by atoms with Gasteiger partial charge in [-0.2, -0.15) is 0 Å². The van der Waals surface area contributed by atoms with Crippen molar-refractivity contribution in [2.24, 2.45) is 0 Å². The minimum absolute atomic E-state index is 0.0765. The van der Waals surface area contributed by atoms with Crippen LogP contribution in [0.15, 0.2) is 33.4 Å². The second-order valence-electron chi connectivity index (χ2n) is 4.01. The monoisotopic (exact) mass is 341 g/mol. The third-order valence-electron chi connectivity index (χ3n) is 2.96. The highest BCUT2D eigenvalue weighted by Gasteiger charge is 2.18. The van der Waals surface area contributed by atoms with Gasteiger partial charge in [-0.3, -0.25) is 0 Å². The lowest BCUT2D eigenvalue weighted by Crippen LogP contribution is -2.17. The van der Waals surface area contributed by atoms with Gasteiger partial charge in [-0.15, -0.1) is 11.3 Å². The number of hydrogen-bond donors (Lipinski definition) is 1. The molecule has 2 aromatic rings. The first-order valence-corrected chi connectivity index (χ1v) is 7.50. The van der Waals surface area contributed by atoms with Crippen LogP contribution in [0.4, 0.5) is 0 Å². The molecule has 0 saturated heterocycles. The summed E-state index contributed by atoms with van der Waals surface area (Å²) in [6, 6.07) is 8.03. The van der Waals surface area contributed by atoms with E-state index in [-0.39, 0.29) is 6.04 Å². The molecule has 0 aliphatic carbocycles. The summed E-state index contributed by atoms with van der Waals surface area (Å²) in [5, 5.41) is 5.45. The van der Waals surface area contributed by atoms with Gasteiger partial charge in [-0.05, 0) is 58.2 Å². The summed E-state index contributed by atoms with van der Waals surface area (Å²) in [5.74, 6) is 1.67. The molecule has 19 heavy (non-hydrogen) atoms. The van der Waals surface area contributed by atoms with E-state index in [1.807, 2.05) is 25.2 Å². The fourth-order valence-electron chi connectivity index (χ4n) is 2.04. The molecule has 2 rings (SSSR count). The Kier molecular flexibility index (Phi) is 4.85. The SMILES string of the molecule is CNC(c1csc(Br)c1)c1cc(OC)ccc1OC. The largest absolute Gasteiger partial charge is 0.497 e. The highest BCUT2D eigenvalue weighted by Crippen LogP contribution is 2.35. The van der Waals surface area contributed by atoms with Crippen molar-refractivity contribution in [3.8, 4) is 11.5 Å². The van der Waals surface area contributed by atoms with Crippen LogP contribution >= 0.6 is 27.3 Å². The van der Waals surface area contributed by atoms with Crippen LogP contribution in [-0.4, -0.2) is 21.3 Å². The number of rotatable bonds is 5. The van der Waals surface area contributed by atoms with Gasteiger partial charge in [0, 0.05) is 5.56 Å². The summed E-state index contributed by atoms with van der Waals surface area (Å²) in [6.45, 7) is 0. The molecule has 0 saturated carbocycles. The zero-order valence-electron chi connectivity index (χ0n) is 11.1. The molecule has 1 aromatic heterocycles. The molecule has 1 atom stereocenters. The Hall–Kier alpha value is -1.04. The van der Waals surface area contributed by atoms with Crippen molar-refractivity contribution in [2.45, 2.75) is 6.04 Å². The summed E-state index contributed by atoms with van der Waals surface area (Å²) in [7, 11) is 5.29. The molecule has 1 N–H and O–H groups in total. The van der Waals surface area contributed by atoms with E-state index in [4.69, 9.17) is 9.47 Å². The van der Waals surface area contributed by atoms with Gasteiger partial charge in [-0.1, -0.05) is 0 Å². The molecule has 0 aliphatic rings. The van der Waals surface area contributed by atoms with E-state index in [2.05, 4.69) is 32.7 Å². The van der Waals surface area contributed by atoms with Crippen LogP contribution in [0, 0.1) is 0 Å². The molecule has 1 unspecified atom stereocenters. The molecule has 0 bridgehead atoms. The Bertz CT molecular complexity index is 556. The van der Waals surface area contributed by atoms with Gasteiger partial charge in [-0.25, -0.2) is 0 Å². The van der Waals surface area contributed by atoms with E-state index in [1.165, 1.54) is 5.56 Å². The summed E-state index contributed by atoms with van der Waals surface area (Å²) in [5.41, 5.74) is 2.26. The summed E-state index contributed by atoms with van der Waals surface area (Å²) >= 11 is 5.17. The number of methoxy groups -OCH3 is 2. The smallest absolute Gasteiger partial charge is 0.124 e. The van der Waals surface area contributed by atoms with E-state index in [1.54, 1.807) is 25.6 Å². The minimum Gasteiger partial charge on any atom is -0.497 e. The van der Waals surface area contributed by atoms with E-state index < -0.39 is 0 Å². The normalized spacial score (nSPS) is 12.2. The van der Waals surface area contributed by atoms with E-state index in [0.717, 1.165) is 20.8 Å². The lowest BCUT2D eigenvalue weighted by atomic mass is 10.00. The molecule has 102 valence electrons. The first-order chi connectivity index (χ1) is 9.19. The topological polar surface area (TPSA) is 30.5 Å². The van der Waals surface area contributed by atoms with Crippen molar-refractivity contribution in [3.63, 3.8) is 0 Å². The molecule has 0 radical (unpaired) electrons. The number of ether oxygens (including phenoxy) is 2. The molecule has 1 aromatic carbocycles. The molecule has 0 spiro atoms. The van der Waals surface area contributed by atoms with Gasteiger partial charge in [0.1, 0.15) is 11.5 Å². The number of nitrogens with one attached hydrogen (secondary N) is 1. The molecule has 5 heteroatoms. The third kappa shape index (κ3) is 3.11. The Morgan fingerprint density at radius 1 is 1.21 bits per heavy atom. The minimum atomic E-state index is 0.0765. The zero-order valence-corrected chi connectivity index (χ0v) is 13.5. The summed E-state index contributed by atoms with van der Waals surface area (Å²) < 4.78 is 11.9. The second-order valence-corrected chi connectivity index (χ2v) is 6.30. The van der Waals surface area contributed by atoms with E-state index in [0.29, 0.717) is 0 Å². The van der Waals surface area contributed by atoms with E-state index >= 15 is 0 Å². The first-order valence-electron chi connectivity index (χ1n) is 5.82.